The molecule has 5 nitrogen and oxygen atoms in total. The minimum Gasteiger partial charge on any atom is -0.348 e. The topological polar surface area (TPSA) is 45.6 Å². The van der Waals surface area contributed by atoms with Crippen molar-refractivity contribution in [2.24, 2.45) is 7.05 Å². The zero-order chi connectivity index (χ0) is 19.3. The summed E-state index contributed by atoms with van der Waals surface area (Å²) < 4.78 is 15.7. The highest BCUT2D eigenvalue weighted by atomic mass is 19.1. The number of aromatic nitrogens is 1. The molecule has 3 aromatic rings. The van der Waals surface area contributed by atoms with E-state index in [9.17, 15) is 14.0 Å². The standard InChI is InChI=1S/C21H20FN3O2/c1-23(2)20(26)16-12-25(14-7-5-4-6-8-14)21(27)19-18(16)15-11-13(22)9-10-17(15)24(19)3/h4-11,16H,12H2,1-3H3. The number of nitrogens with zero attached hydrogens (tertiary/aromatic N) is 3. The molecule has 0 saturated heterocycles. The molecule has 0 spiro atoms. The molecule has 0 radical (unpaired) electrons. The first kappa shape index (κ1) is 17.3. The predicted octanol–water partition coefficient (Wildman–Crippen LogP) is 3.15. The fourth-order valence-corrected chi connectivity index (χ4v) is 3.89. The molecule has 1 atom stereocenters. The Morgan fingerprint density at radius 2 is 1.85 bits per heavy atom. The lowest BCUT2D eigenvalue weighted by Crippen LogP contribution is -2.45. The van der Waals surface area contributed by atoms with E-state index in [-0.39, 0.29) is 24.2 Å². The van der Waals surface area contributed by atoms with E-state index in [1.54, 1.807) is 36.7 Å². The second-order valence-electron chi connectivity index (χ2n) is 7.02. The minimum absolute atomic E-state index is 0.110. The molecule has 138 valence electrons. The predicted molar refractivity (Wildman–Crippen MR) is 102 cm³/mol. The Balaban J connectivity index is 1.99. The van der Waals surface area contributed by atoms with Gasteiger partial charge in [-0.1, -0.05) is 18.2 Å². The van der Waals surface area contributed by atoms with E-state index in [1.165, 1.54) is 17.0 Å². The van der Waals surface area contributed by atoms with Crippen molar-refractivity contribution in [3.05, 3.63) is 65.6 Å². The summed E-state index contributed by atoms with van der Waals surface area (Å²) in [5.74, 6) is -1.23. The smallest absolute Gasteiger partial charge is 0.275 e. The summed E-state index contributed by atoms with van der Waals surface area (Å²) in [7, 11) is 5.16. The fourth-order valence-electron chi connectivity index (χ4n) is 3.89. The zero-order valence-corrected chi connectivity index (χ0v) is 15.4. The van der Waals surface area contributed by atoms with Gasteiger partial charge in [0, 0.05) is 49.8 Å². The molecule has 6 heteroatoms. The van der Waals surface area contributed by atoms with Crippen LogP contribution >= 0.6 is 0 Å². The van der Waals surface area contributed by atoms with E-state index in [1.807, 2.05) is 30.3 Å². The third kappa shape index (κ3) is 2.60. The van der Waals surface area contributed by atoms with Gasteiger partial charge in [-0.3, -0.25) is 9.59 Å². The third-order valence-corrected chi connectivity index (χ3v) is 5.17. The van der Waals surface area contributed by atoms with Gasteiger partial charge in [0.2, 0.25) is 5.91 Å². The number of aryl methyl sites for hydroxylation is 1. The van der Waals surface area contributed by atoms with Crippen molar-refractivity contribution in [1.29, 1.82) is 0 Å². The first-order valence-electron chi connectivity index (χ1n) is 8.76. The van der Waals surface area contributed by atoms with Gasteiger partial charge < -0.3 is 14.4 Å². The van der Waals surface area contributed by atoms with Crippen LogP contribution in [0.25, 0.3) is 10.9 Å². The van der Waals surface area contributed by atoms with Crippen molar-refractivity contribution < 1.29 is 14.0 Å². The van der Waals surface area contributed by atoms with E-state index in [4.69, 9.17) is 0 Å². The molecule has 27 heavy (non-hydrogen) atoms. The van der Waals surface area contributed by atoms with Crippen molar-refractivity contribution in [1.82, 2.24) is 9.47 Å². The molecule has 0 aliphatic carbocycles. The van der Waals surface area contributed by atoms with Gasteiger partial charge in [-0.25, -0.2) is 4.39 Å². The number of anilines is 1. The number of hydrogen-bond acceptors (Lipinski definition) is 2. The van der Waals surface area contributed by atoms with Crippen LogP contribution in [0.3, 0.4) is 0 Å². The fraction of sp³-hybridized carbons (Fsp3) is 0.238. The number of hydrogen-bond donors (Lipinski definition) is 0. The quantitative estimate of drug-likeness (QED) is 0.700. The average Bonchev–Trinajstić information content (AvgIpc) is 2.95. The maximum absolute atomic E-state index is 13.9. The Morgan fingerprint density at radius 3 is 2.52 bits per heavy atom. The molecule has 1 aliphatic rings. The van der Waals surface area contributed by atoms with E-state index < -0.39 is 5.92 Å². The number of likely N-dealkylation sites (N-methyl/N-ethyl adjacent to an activating group) is 1. The lowest BCUT2D eigenvalue weighted by Gasteiger charge is -2.34. The normalized spacial score (nSPS) is 16.5. The summed E-state index contributed by atoms with van der Waals surface area (Å²) in [5.41, 5.74) is 2.52. The lowest BCUT2D eigenvalue weighted by molar-refractivity contribution is -0.130. The highest BCUT2D eigenvalue weighted by molar-refractivity contribution is 6.14. The molecule has 1 aromatic heterocycles. The summed E-state index contributed by atoms with van der Waals surface area (Å²) in [6, 6.07) is 13.7. The number of carbonyl (C=O) groups excluding carboxylic acids is 2. The van der Waals surface area contributed by atoms with Crippen LogP contribution in [-0.4, -0.2) is 41.9 Å². The number of fused-ring (bicyclic) bond motifs is 3. The van der Waals surface area contributed by atoms with Gasteiger partial charge in [0.25, 0.3) is 5.91 Å². The number of para-hydroxylation sites is 1. The van der Waals surface area contributed by atoms with Crippen LogP contribution in [0.1, 0.15) is 22.0 Å². The van der Waals surface area contributed by atoms with Gasteiger partial charge in [0.15, 0.2) is 0 Å². The van der Waals surface area contributed by atoms with Crippen LogP contribution in [0.15, 0.2) is 48.5 Å². The molecule has 0 saturated carbocycles. The van der Waals surface area contributed by atoms with E-state index in [0.29, 0.717) is 16.6 Å². The van der Waals surface area contributed by atoms with Crippen molar-refractivity contribution in [2.45, 2.75) is 5.92 Å². The Morgan fingerprint density at radius 1 is 1.15 bits per heavy atom. The van der Waals surface area contributed by atoms with Crippen LogP contribution in [0.2, 0.25) is 0 Å². The molecular weight excluding hydrogens is 345 g/mol. The molecule has 4 rings (SSSR count). The van der Waals surface area contributed by atoms with Crippen LogP contribution in [-0.2, 0) is 11.8 Å². The number of halogens is 1. The lowest BCUT2D eigenvalue weighted by atomic mass is 9.90. The van der Waals surface area contributed by atoms with Crippen molar-refractivity contribution >= 4 is 28.4 Å². The highest BCUT2D eigenvalue weighted by Crippen LogP contribution is 2.39. The second kappa shape index (κ2) is 6.23. The molecule has 0 N–H and O–H groups in total. The number of carbonyl (C=O) groups is 2. The van der Waals surface area contributed by atoms with Gasteiger partial charge >= 0.3 is 0 Å². The SMILES string of the molecule is CN(C)C(=O)C1CN(c2ccccc2)C(=O)c2c1c1cc(F)ccc1n2C. The molecule has 1 unspecified atom stereocenters. The van der Waals surface area contributed by atoms with Gasteiger partial charge in [-0.05, 0) is 30.3 Å². The minimum atomic E-state index is -0.557. The number of amides is 2. The first-order valence-corrected chi connectivity index (χ1v) is 8.76. The summed E-state index contributed by atoms with van der Waals surface area (Å²) in [5, 5.41) is 0.619. The van der Waals surface area contributed by atoms with Gasteiger partial charge in [0.1, 0.15) is 11.5 Å². The number of rotatable bonds is 2. The summed E-state index contributed by atoms with van der Waals surface area (Å²) in [6.07, 6.45) is 0. The van der Waals surface area contributed by atoms with Crippen molar-refractivity contribution in [2.75, 3.05) is 25.5 Å². The van der Waals surface area contributed by atoms with E-state index in [2.05, 4.69) is 0 Å². The van der Waals surface area contributed by atoms with Crippen molar-refractivity contribution in [3.8, 4) is 0 Å². The van der Waals surface area contributed by atoms with Gasteiger partial charge in [-0.15, -0.1) is 0 Å². The molecule has 2 heterocycles. The van der Waals surface area contributed by atoms with Crippen molar-refractivity contribution in [3.63, 3.8) is 0 Å². The largest absolute Gasteiger partial charge is 0.348 e. The molecule has 0 fully saturated rings. The Labute approximate surface area is 156 Å². The van der Waals surface area contributed by atoms with E-state index in [0.717, 1.165) is 11.2 Å². The Kier molecular flexibility index (Phi) is 3.98. The van der Waals surface area contributed by atoms with Gasteiger partial charge in [-0.2, -0.15) is 0 Å². The van der Waals surface area contributed by atoms with Crippen LogP contribution in [0.4, 0.5) is 10.1 Å². The molecule has 2 aromatic carbocycles. The Hall–Kier alpha value is -3.15. The summed E-state index contributed by atoms with van der Waals surface area (Å²) >= 11 is 0. The Bertz CT molecular complexity index is 1060. The zero-order valence-electron chi connectivity index (χ0n) is 15.4. The van der Waals surface area contributed by atoms with Crippen LogP contribution < -0.4 is 4.90 Å². The average molecular weight is 365 g/mol. The number of benzene rings is 2. The summed E-state index contributed by atoms with van der Waals surface area (Å²) in [4.78, 5) is 29.4. The van der Waals surface area contributed by atoms with Gasteiger partial charge in [0.05, 0.1) is 5.92 Å². The monoisotopic (exact) mass is 365 g/mol. The highest BCUT2D eigenvalue weighted by Gasteiger charge is 2.40. The molecule has 2 amide bonds. The van der Waals surface area contributed by atoms with Crippen LogP contribution in [0, 0.1) is 5.82 Å². The van der Waals surface area contributed by atoms with Crippen LogP contribution in [0.5, 0.6) is 0 Å². The molecule has 0 bridgehead atoms. The molecule has 1 aliphatic heterocycles. The second-order valence-corrected chi connectivity index (χ2v) is 7.02. The summed E-state index contributed by atoms with van der Waals surface area (Å²) in [6.45, 7) is 0.225. The first-order chi connectivity index (χ1) is 12.9. The van der Waals surface area contributed by atoms with E-state index >= 15 is 0 Å². The molecular formula is C21H20FN3O2. The maximum atomic E-state index is 13.9. The third-order valence-electron chi connectivity index (χ3n) is 5.17. The maximum Gasteiger partial charge on any atom is 0.275 e.